The Bertz CT molecular complexity index is 1210. The number of carbonyl (C=O) groups excluding carboxylic acids is 2. The summed E-state index contributed by atoms with van der Waals surface area (Å²) in [5.41, 5.74) is 1.08. The van der Waals surface area contributed by atoms with E-state index in [-0.39, 0.29) is 36.5 Å². The molecular weight excluding hydrogens is 435 g/mol. The van der Waals surface area contributed by atoms with E-state index in [2.05, 4.69) is 5.32 Å². The third-order valence-corrected chi connectivity index (χ3v) is 5.46. The van der Waals surface area contributed by atoms with E-state index in [1.807, 2.05) is 0 Å². The molecule has 0 fully saturated rings. The summed E-state index contributed by atoms with van der Waals surface area (Å²) < 4.78 is 16.1. The van der Waals surface area contributed by atoms with Gasteiger partial charge < -0.3 is 15.0 Å². The molecule has 1 aromatic heterocycles. The van der Waals surface area contributed by atoms with Crippen LogP contribution in [0.3, 0.4) is 0 Å². The van der Waals surface area contributed by atoms with E-state index in [1.165, 1.54) is 35.0 Å². The first-order valence-electron chi connectivity index (χ1n) is 9.94. The predicted molar refractivity (Wildman–Crippen MR) is 120 cm³/mol. The molecular formula is C24H22ClFN2O4. The fraction of sp³-hybridized carbons (Fsp3) is 0.208. The molecule has 1 amide bonds. The number of carbonyl (C=O) groups is 2. The lowest BCUT2D eigenvalue weighted by Crippen LogP contribution is -2.27. The molecule has 2 N–H and O–H groups in total. The molecule has 3 aromatic rings. The summed E-state index contributed by atoms with van der Waals surface area (Å²) >= 11 is 6.38. The van der Waals surface area contributed by atoms with Gasteiger partial charge in [-0.1, -0.05) is 35.9 Å². The standard InChI is InChI=1S/C24H22ClFN2O4/c1-28-14-16(7-9-23(28)31)22(30)13-19(17-4-2-3-5-20(17)25)15-6-8-18(21(26)12-15)24(32)27-10-11-29/h2-9,12,14,19,29H,10-11,13H2,1H3,(H,27,32). The van der Waals surface area contributed by atoms with Crippen molar-refractivity contribution in [2.75, 3.05) is 13.2 Å². The number of benzene rings is 2. The van der Waals surface area contributed by atoms with Crippen molar-refractivity contribution in [1.29, 1.82) is 0 Å². The average molecular weight is 457 g/mol. The minimum Gasteiger partial charge on any atom is -0.395 e. The van der Waals surface area contributed by atoms with E-state index in [9.17, 15) is 18.8 Å². The molecule has 3 rings (SSSR count). The van der Waals surface area contributed by atoms with Crippen LogP contribution in [-0.4, -0.2) is 34.5 Å². The number of aliphatic hydroxyl groups is 1. The number of aromatic nitrogens is 1. The van der Waals surface area contributed by atoms with Crippen molar-refractivity contribution in [3.05, 3.63) is 104 Å². The SMILES string of the molecule is Cn1cc(C(=O)CC(c2ccc(C(=O)NCCO)c(F)c2)c2ccccc2Cl)ccc1=O. The molecule has 0 saturated carbocycles. The van der Waals surface area contributed by atoms with Gasteiger partial charge in [0.1, 0.15) is 5.82 Å². The highest BCUT2D eigenvalue weighted by molar-refractivity contribution is 6.31. The molecule has 6 nitrogen and oxygen atoms in total. The normalized spacial score (nSPS) is 11.8. The lowest BCUT2D eigenvalue weighted by molar-refractivity contribution is 0.0938. The molecule has 1 heterocycles. The Kier molecular flexibility index (Phi) is 7.56. The van der Waals surface area contributed by atoms with Crippen molar-refractivity contribution in [3.8, 4) is 0 Å². The number of aliphatic hydroxyl groups excluding tert-OH is 1. The van der Waals surface area contributed by atoms with Crippen LogP contribution in [0, 0.1) is 5.82 Å². The molecule has 32 heavy (non-hydrogen) atoms. The van der Waals surface area contributed by atoms with Gasteiger partial charge in [0.05, 0.1) is 12.2 Å². The van der Waals surface area contributed by atoms with Crippen LogP contribution in [0.25, 0.3) is 0 Å². The molecule has 0 radical (unpaired) electrons. The molecule has 0 saturated heterocycles. The minimum atomic E-state index is -0.746. The van der Waals surface area contributed by atoms with E-state index in [0.717, 1.165) is 0 Å². The van der Waals surface area contributed by atoms with Gasteiger partial charge in [-0.3, -0.25) is 14.4 Å². The summed E-state index contributed by atoms with van der Waals surface area (Å²) in [4.78, 5) is 36.7. The van der Waals surface area contributed by atoms with Gasteiger partial charge in [0.25, 0.3) is 5.91 Å². The molecule has 0 spiro atoms. The van der Waals surface area contributed by atoms with Crippen LogP contribution in [0.1, 0.15) is 44.2 Å². The van der Waals surface area contributed by atoms with Crippen LogP contribution < -0.4 is 10.9 Å². The third kappa shape index (κ3) is 5.30. The van der Waals surface area contributed by atoms with Gasteiger partial charge in [-0.25, -0.2) is 4.39 Å². The van der Waals surface area contributed by atoms with Crippen LogP contribution in [-0.2, 0) is 7.05 Å². The Morgan fingerprint density at radius 2 is 1.91 bits per heavy atom. The quantitative estimate of drug-likeness (QED) is 0.509. The highest BCUT2D eigenvalue weighted by atomic mass is 35.5. The Hall–Kier alpha value is -3.29. The van der Waals surface area contributed by atoms with Crippen molar-refractivity contribution < 1.29 is 19.1 Å². The van der Waals surface area contributed by atoms with Gasteiger partial charge >= 0.3 is 0 Å². The second kappa shape index (κ2) is 10.3. The smallest absolute Gasteiger partial charge is 0.254 e. The van der Waals surface area contributed by atoms with Crippen LogP contribution in [0.5, 0.6) is 0 Å². The molecule has 166 valence electrons. The molecule has 0 aliphatic heterocycles. The van der Waals surface area contributed by atoms with E-state index < -0.39 is 17.6 Å². The van der Waals surface area contributed by atoms with Gasteiger partial charge in [0, 0.05) is 48.8 Å². The Morgan fingerprint density at radius 3 is 2.56 bits per heavy atom. The molecule has 1 atom stereocenters. The van der Waals surface area contributed by atoms with Gasteiger partial charge in [-0.15, -0.1) is 0 Å². The van der Waals surface area contributed by atoms with E-state index >= 15 is 0 Å². The minimum absolute atomic E-state index is 0.0103. The summed E-state index contributed by atoms with van der Waals surface area (Å²) in [5, 5.41) is 11.7. The van der Waals surface area contributed by atoms with Crippen molar-refractivity contribution >= 4 is 23.3 Å². The van der Waals surface area contributed by atoms with Crippen molar-refractivity contribution in [1.82, 2.24) is 9.88 Å². The first kappa shape index (κ1) is 23.4. The molecule has 1 unspecified atom stereocenters. The van der Waals surface area contributed by atoms with Crippen molar-refractivity contribution in [2.45, 2.75) is 12.3 Å². The van der Waals surface area contributed by atoms with Gasteiger partial charge in [-0.2, -0.15) is 0 Å². The van der Waals surface area contributed by atoms with Crippen LogP contribution >= 0.6 is 11.6 Å². The number of ketones is 1. The number of Topliss-reactive ketones (excluding diaryl/α,β-unsaturated/α-hetero) is 1. The average Bonchev–Trinajstić information content (AvgIpc) is 2.78. The number of amides is 1. The number of aryl methyl sites for hydroxylation is 1. The second-order valence-corrected chi connectivity index (χ2v) is 7.69. The third-order valence-electron chi connectivity index (χ3n) is 5.12. The van der Waals surface area contributed by atoms with Gasteiger partial charge in [-0.05, 0) is 35.4 Å². The number of nitrogens with zero attached hydrogens (tertiary/aromatic N) is 1. The number of hydrogen-bond acceptors (Lipinski definition) is 4. The van der Waals surface area contributed by atoms with E-state index in [0.29, 0.717) is 21.7 Å². The maximum Gasteiger partial charge on any atom is 0.254 e. The number of halogens is 2. The van der Waals surface area contributed by atoms with Crippen LogP contribution in [0.15, 0.2) is 65.6 Å². The topological polar surface area (TPSA) is 88.4 Å². The monoisotopic (exact) mass is 456 g/mol. The van der Waals surface area contributed by atoms with Crippen molar-refractivity contribution in [2.24, 2.45) is 7.05 Å². The van der Waals surface area contributed by atoms with E-state index in [4.69, 9.17) is 16.7 Å². The zero-order valence-corrected chi connectivity index (χ0v) is 18.1. The van der Waals surface area contributed by atoms with Crippen LogP contribution in [0.4, 0.5) is 4.39 Å². The fourth-order valence-electron chi connectivity index (χ4n) is 3.42. The predicted octanol–water partition coefficient (Wildman–Crippen LogP) is 3.30. The Morgan fingerprint density at radius 1 is 1.16 bits per heavy atom. The zero-order chi connectivity index (χ0) is 23.3. The number of nitrogens with one attached hydrogen (secondary N) is 1. The first-order chi connectivity index (χ1) is 15.3. The molecule has 2 aromatic carbocycles. The first-order valence-corrected chi connectivity index (χ1v) is 10.3. The maximum atomic E-state index is 14.8. The summed E-state index contributed by atoms with van der Waals surface area (Å²) in [5.74, 6) is -2.20. The zero-order valence-electron chi connectivity index (χ0n) is 17.3. The molecule has 0 aliphatic rings. The Labute approximate surface area is 189 Å². The summed E-state index contributed by atoms with van der Waals surface area (Å²) in [6.45, 7) is -0.246. The summed E-state index contributed by atoms with van der Waals surface area (Å²) in [6.07, 6.45) is 1.45. The van der Waals surface area contributed by atoms with Gasteiger partial charge in [0.2, 0.25) is 5.56 Å². The highest BCUT2D eigenvalue weighted by Crippen LogP contribution is 2.34. The number of pyridine rings is 1. The lowest BCUT2D eigenvalue weighted by atomic mass is 9.85. The fourth-order valence-corrected chi connectivity index (χ4v) is 3.69. The number of hydrogen-bond donors (Lipinski definition) is 2. The highest BCUT2D eigenvalue weighted by Gasteiger charge is 2.23. The summed E-state index contributed by atoms with van der Waals surface area (Å²) in [7, 11) is 1.56. The summed E-state index contributed by atoms with van der Waals surface area (Å²) in [6, 6.07) is 13.9. The molecule has 0 aliphatic carbocycles. The Balaban J connectivity index is 1.98. The lowest BCUT2D eigenvalue weighted by Gasteiger charge is -2.20. The second-order valence-electron chi connectivity index (χ2n) is 7.29. The number of rotatable bonds is 8. The van der Waals surface area contributed by atoms with Crippen molar-refractivity contribution in [3.63, 3.8) is 0 Å². The maximum absolute atomic E-state index is 14.8. The molecule has 0 bridgehead atoms. The van der Waals surface area contributed by atoms with Gasteiger partial charge in [0.15, 0.2) is 5.78 Å². The molecule has 8 heteroatoms. The van der Waals surface area contributed by atoms with Crippen LogP contribution in [0.2, 0.25) is 5.02 Å². The largest absolute Gasteiger partial charge is 0.395 e. The van der Waals surface area contributed by atoms with E-state index in [1.54, 1.807) is 37.4 Å².